The Morgan fingerprint density at radius 2 is 1.16 bits per heavy atom. The molecular formula is C36H35N2O5S+. The van der Waals surface area contributed by atoms with Crippen LogP contribution in [0.25, 0.3) is 0 Å². The summed E-state index contributed by atoms with van der Waals surface area (Å²) in [4.78, 5) is 24.1. The summed E-state index contributed by atoms with van der Waals surface area (Å²) in [6.45, 7) is 6.08. The molecule has 0 radical (unpaired) electrons. The van der Waals surface area contributed by atoms with E-state index in [0.29, 0.717) is 19.0 Å². The molecule has 0 N–H and O–H groups in total. The zero-order chi connectivity index (χ0) is 30.8. The summed E-state index contributed by atoms with van der Waals surface area (Å²) in [5.41, 5.74) is 1.15. The van der Waals surface area contributed by atoms with E-state index < -0.39 is 22.5 Å². The zero-order valence-electron chi connectivity index (χ0n) is 25.0. The number of rotatable bonds is 12. The van der Waals surface area contributed by atoms with E-state index in [-0.39, 0.29) is 6.61 Å². The molecule has 2 heterocycles. The maximum Gasteiger partial charge on any atom is 0.344 e. The van der Waals surface area contributed by atoms with Crippen molar-refractivity contribution < 1.29 is 23.7 Å². The molecule has 224 valence electrons. The third-order valence-electron chi connectivity index (χ3n) is 6.14. The number of pyridine rings is 2. The molecule has 0 unspecified atom stereocenters. The third-order valence-corrected chi connectivity index (χ3v) is 8.34. The van der Waals surface area contributed by atoms with E-state index in [1.54, 1.807) is 12.4 Å². The van der Waals surface area contributed by atoms with Crippen LogP contribution in [0.5, 0.6) is 17.2 Å². The van der Waals surface area contributed by atoms with Crippen molar-refractivity contribution in [1.82, 2.24) is 9.97 Å². The average molecular weight is 608 g/mol. The molecule has 0 saturated heterocycles. The van der Waals surface area contributed by atoms with Gasteiger partial charge < -0.3 is 18.9 Å². The Labute approximate surface area is 261 Å². The number of carbonyl (C=O) groups is 1. The van der Waals surface area contributed by atoms with Gasteiger partial charge in [0.15, 0.2) is 21.3 Å². The Morgan fingerprint density at radius 1 is 0.614 bits per heavy atom. The van der Waals surface area contributed by atoms with E-state index in [1.165, 1.54) is 0 Å². The summed E-state index contributed by atoms with van der Waals surface area (Å²) in [5, 5.41) is 0. The van der Waals surface area contributed by atoms with Gasteiger partial charge in [-0.1, -0.05) is 24.3 Å². The molecule has 3 aromatic carbocycles. The quantitative estimate of drug-likeness (QED) is 0.108. The van der Waals surface area contributed by atoms with Gasteiger partial charge >= 0.3 is 5.97 Å². The number of benzene rings is 3. The molecule has 0 amide bonds. The van der Waals surface area contributed by atoms with Gasteiger partial charge in [-0.2, -0.15) is 0 Å². The van der Waals surface area contributed by atoms with E-state index in [4.69, 9.17) is 18.9 Å². The number of esters is 1. The summed E-state index contributed by atoms with van der Waals surface area (Å²) in [6, 6.07) is 35.6. The van der Waals surface area contributed by atoms with Crippen LogP contribution in [0.2, 0.25) is 0 Å². The minimum atomic E-state index is -0.565. The van der Waals surface area contributed by atoms with Crippen molar-refractivity contribution in [3.63, 3.8) is 0 Å². The Bertz CT molecular complexity index is 1550. The summed E-state index contributed by atoms with van der Waals surface area (Å²) in [7, 11) is -0.504. The number of ether oxygens (including phenoxy) is 4. The van der Waals surface area contributed by atoms with Crippen molar-refractivity contribution in [3.05, 3.63) is 133 Å². The molecule has 8 heteroatoms. The number of hydrogen-bond donors (Lipinski definition) is 0. The second kappa shape index (κ2) is 14.6. The Morgan fingerprint density at radius 3 is 1.64 bits per heavy atom. The molecule has 0 bridgehead atoms. The highest BCUT2D eigenvalue weighted by Gasteiger charge is 2.30. The Kier molecular flexibility index (Phi) is 10.1. The average Bonchev–Trinajstić information content (AvgIpc) is 3.03. The van der Waals surface area contributed by atoms with Gasteiger partial charge in [0.1, 0.15) is 36.1 Å². The van der Waals surface area contributed by atoms with Crippen molar-refractivity contribution in [2.45, 2.75) is 54.3 Å². The van der Waals surface area contributed by atoms with Crippen LogP contribution in [0, 0.1) is 0 Å². The lowest BCUT2D eigenvalue weighted by molar-refractivity contribution is -0.157. The van der Waals surface area contributed by atoms with E-state index in [2.05, 4.69) is 34.2 Å². The van der Waals surface area contributed by atoms with Gasteiger partial charge in [-0.15, -0.1) is 0 Å². The predicted molar refractivity (Wildman–Crippen MR) is 170 cm³/mol. The fraction of sp³-hybridized carbons (Fsp3) is 0.194. The van der Waals surface area contributed by atoms with E-state index >= 15 is 0 Å². The smallest absolute Gasteiger partial charge is 0.344 e. The lowest BCUT2D eigenvalue weighted by atomic mass is 10.2. The second-order valence-electron chi connectivity index (χ2n) is 10.8. The highest BCUT2D eigenvalue weighted by atomic mass is 32.2. The molecule has 0 spiro atoms. The first-order valence-corrected chi connectivity index (χ1v) is 15.5. The second-order valence-corrected chi connectivity index (χ2v) is 12.8. The molecule has 0 aliphatic rings. The van der Waals surface area contributed by atoms with Gasteiger partial charge in [-0.25, -0.2) is 4.79 Å². The van der Waals surface area contributed by atoms with Crippen LogP contribution in [0.4, 0.5) is 0 Å². The normalized spacial score (nSPS) is 11.2. The van der Waals surface area contributed by atoms with Crippen molar-refractivity contribution >= 4 is 16.9 Å². The summed E-state index contributed by atoms with van der Waals surface area (Å²) < 4.78 is 23.3. The van der Waals surface area contributed by atoms with Crippen LogP contribution >= 0.6 is 0 Å². The van der Waals surface area contributed by atoms with Gasteiger partial charge in [-0.05, 0) is 93.6 Å². The number of nitrogens with zero attached hydrogens (tertiary/aromatic N) is 2. The van der Waals surface area contributed by atoms with Crippen LogP contribution in [0.15, 0.2) is 136 Å². The summed E-state index contributed by atoms with van der Waals surface area (Å²) >= 11 is 0. The minimum absolute atomic E-state index is 0.159. The van der Waals surface area contributed by atoms with Gasteiger partial charge in [-0.3, -0.25) is 9.97 Å². The van der Waals surface area contributed by atoms with Crippen molar-refractivity contribution in [1.29, 1.82) is 0 Å². The molecule has 0 aliphatic carbocycles. The summed E-state index contributed by atoms with van der Waals surface area (Å²) in [5.74, 6) is 1.69. The maximum atomic E-state index is 12.2. The fourth-order valence-electron chi connectivity index (χ4n) is 4.26. The SMILES string of the molecule is CC(C)(C)OC(=O)COc1ccc([S+](c2cccc(OCc3ccccn3)c2)c2cccc(OCc3ccccn3)c2)cc1. The maximum absolute atomic E-state index is 12.2. The van der Waals surface area contributed by atoms with Gasteiger partial charge in [0.25, 0.3) is 0 Å². The predicted octanol–water partition coefficient (Wildman–Crippen LogP) is 7.45. The number of hydrogen-bond acceptors (Lipinski definition) is 7. The van der Waals surface area contributed by atoms with E-state index in [0.717, 1.165) is 37.6 Å². The molecule has 0 atom stereocenters. The molecule has 7 nitrogen and oxygen atoms in total. The topological polar surface area (TPSA) is 79.8 Å². The lowest BCUT2D eigenvalue weighted by Crippen LogP contribution is -2.27. The van der Waals surface area contributed by atoms with Gasteiger partial charge in [0, 0.05) is 24.5 Å². The molecule has 0 saturated carbocycles. The van der Waals surface area contributed by atoms with Crippen molar-refractivity contribution in [2.24, 2.45) is 0 Å². The molecule has 5 rings (SSSR count). The monoisotopic (exact) mass is 607 g/mol. The van der Waals surface area contributed by atoms with E-state index in [1.807, 2.05) is 106 Å². The largest absolute Gasteiger partial charge is 0.487 e. The first-order valence-electron chi connectivity index (χ1n) is 14.3. The highest BCUT2D eigenvalue weighted by molar-refractivity contribution is 7.97. The van der Waals surface area contributed by atoms with Crippen LogP contribution in [-0.4, -0.2) is 28.1 Å². The molecular weight excluding hydrogens is 572 g/mol. The zero-order valence-corrected chi connectivity index (χ0v) is 25.8. The minimum Gasteiger partial charge on any atom is -0.487 e. The fourth-order valence-corrected chi connectivity index (χ4v) is 6.38. The standard InChI is InChI=1S/C36H35N2O5S/c1-36(2,3)43-35(39)26-42-29-16-18-32(19-17-29)44(33-14-8-12-30(22-33)40-24-27-10-4-6-20-37-27)34-15-9-13-31(23-34)41-25-28-11-5-7-21-38-28/h4-23H,24-26H2,1-3H3/q+1. The first-order chi connectivity index (χ1) is 21.3. The summed E-state index contributed by atoms with van der Waals surface area (Å²) in [6.07, 6.45) is 3.52. The molecule has 5 aromatic rings. The van der Waals surface area contributed by atoms with Gasteiger partial charge in [0.2, 0.25) is 0 Å². The van der Waals surface area contributed by atoms with E-state index in [9.17, 15) is 4.79 Å². The van der Waals surface area contributed by atoms with Crippen molar-refractivity contribution in [3.8, 4) is 17.2 Å². The Hall–Kier alpha value is -4.82. The number of carbonyl (C=O) groups excluding carboxylic acids is 1. The van der Waals surface area contributed by atoms with Crippen molar-refractivity contribution in [2.75, 3.05) is 6.61 Å². The third kappa shape index (κ3) is 9.09. The number of aromatic nitrogens is 2. The molecule has 2 aromatic heterocycles. The van der Waals surface area contributed by atoms with Crippen LogP contribution in [0.3, 0.4) is 0 Å². The highest BCUT2D eigenvalue weighted by Crippen LogP contribution is 2.35. The van der Waals surface area contributed by atoms with Crippen LogP contribution in [-0.2, 0) is 33.6 Å². The molecule has 0 aliphatic heterocycles. The van der Waals surface area contributed by atoms with Crippen LogP contribution < -0.4 is 14.2 Å². The Balaban J connectivity index is 1.39. The lowest BCUT2D eigenvalue weighted by Gasteiger charge is -2.19. The molecule has 44 heavy (non-hydrogen) atoms. The van der Waals surface area contributed by atoms with Crippen LogP contribution in [0.1, 0.15) is 32.2 Å². The van der Waals surface area contributed by atoms with Gasteiger partial charge in [0.05, 0.1) is 22.3 Å². The molecule has 0 fully saturated rings. The first kappa shape index (κ1) is 30.6.